The van der Waals surface area contributed by atoms with Crippen LogP contribution in [-0.2, 0) is 9.47 Å². The molecule has 0 aliphatic rings. The van der Waals surface area contributed by atoms with Crippen LogP contribution in [0.3, 0.4) is 0 Å². The van der Waals surface area contributed by atoms with Gasteiger partial charge in [-0.2, -0.15) is 0 Å². The molecule has 0 aliphatic heterocycles. The highest BCUT2D eigenvalue weighted by molar-refractivity contribution is 6.00. The van der Waals surface area contributed by atoms with E-state index in [0.29, 0.717) is 18.0 Å². The maximum atomic E-state index is 12.2. The van der Waals surface area contributed by atoms with E-state index in [2.05, 4.69) is 10.3 Å². The minimum Gasteiger partial charge on any atom is -0.496 e. The van der Waals surface area contributed by atoms with E-state index >= 15 is 0 Å². The van der Waals surface area contributed by atoms with E-state index < -0.39 is 29.4 Å². The van der Waals surface area contributed by atoms with Crippen molar-refractivity contribution in [2.24, 2.45) is 10.7 Å². The topological polar surface area (TPSA) is 115 Å². The summed E-state index contributed by atoms with van der Waals surface area (Å²) in [5, 5.41) is 2.80. The third-order valence-electron chi connectivity index (χ3n) is 3.92. The van der Waals surface area contributed by atoms with Crippen molar-refractivity contribution in [1.29, 1.82) is 0 Å². The molecule has 1 atom stereocenters. The van der Waals surface area contributed by atoms with Gasteiger partial charge in [-0.05, 0) is 73.6 Å². The quantitative estimate of drug-likeness (QED) is 0.520. The van der Waals surface area contributed by atoms with Gasteiger partial charge in [0, 0.05) is 17.8 Å². The fourth-order valence-corrected chi connectivity index (χ4v) is 2.71. The third-order valence-corrected chi connectivity index (χ3v) is 3.92. The first-order valence-electron chi connectivity index (χ1n) is 10.2. The number of methoxy groups -OCH3 is 1. The number of guanidine groups is 1. The summed E-state index contributed by atoms with van der Waals surface area (Å²) in [6.07, 6.45) is -1.30. The van der Waals surface area contributed by atoms with Crippen LogP contribution in [0.2, 0.25) is 0 Å². The molecule has 3 N–H and O–H groups in total. The van der Waals surface area contributed by atoms with Gasteiger partial charge >= 0.3 is 12.2 Å². The van der Waals surface area contributed by atoms with Gasteiger partial charge in [0.1, 0.15) is 17.0 Å². The van der Waals surface area contributed by atoms with Crippen LogP contribution in [0.15, 0.2) is 23.2 Å². The van der Waals surface area contributed by atoms with E-state index in [1.54, 1.807) is 65.7 Å². The Morgan fingerprint density at radius 3 is 2.19 bits per heavy atom. The second kappa shape index (κ2) is 10.4. The molecule has 0 fully saturated rings. The molecule has 1 aromatic rings. The Balaban J connectivity index is 3.17. The number of ether oxygens (including phenoxy) is 3. The maximum Gasteiger partial charge on any atom is 0.437 e. The SMILES string of the molecule is CCN(C(N)=NC(=O)OC(C)(C)C)c1ccc(OC)c(C(C)NC(=O)OC(C)(C)C)c1. The molecule has 0 aliphatic carbocycles. The summed E-state index contributed by atoms with van der Waals surface area (Å²) in [6.45, 7) is 14.8. The van der Waals surface area contributed by atoms with Crippen molar-refractivity contribution in [2.75, 3.05) is 18.6 Å². The molecule has 1 rings (SSSR count). The average molecular weight is 437 g/mol. The van der Waals surface area contributed by atoms with Crippen molar-refractivity contribution >= 4 is 23.8 Å². The van der Waals surface area contributed by atoms with Gasteiger partial charge in [0.2, 0.25) is 5.96 Å². The van der Waals surface area contributed by atoms with Crippen molar-refractivity contribution in [3.8, 4) is 5.75 Å². The molecule has 0 spiro atoms. The summed E-state index contributed by atoms with van der Waals surface area (Å²) < 4.78 is 16.0. The Morgan fingerprint density at radius 1 is 1.13 bits per heavy atom. The molecule has 2 amide bonds. The number of carbonyl (C=O) groups excluding carboxylic acids is 2. The maximum absolute atomic E-state index is 12.2. The number of aliphatic imine (C=N–C) groups is 1. The number of rotatable bonds is 5. The Bertz CT molecular complexity index is 809. The highest BCUT2D eigenvalue weighted by Crippen LogP contribution is 2.30. The summed E-state index contributed by atoms with van der Waals surface area (Å²) in [5.74, 6) is 0.589. The highest BCUT2D eigenvalue weighted by Gasteiger charge is 2.22. The standard InChI is InChI=1S/C22H36N4O5/c1-10-26(18(23)25-20(28)31-22(6,7)8)15-11-12-17(29-9)16(13-15)14(2)24-19(27)30-21(3,4)5/h11-14H,10H2,1-9H3,(H,24,27)(H2,23,25,28). The predicted molar refractivity (Wildman–Crippen MR) is 122 cm³/mol. The van der Waals surface area contributed by atoms with Gasteiger partial charge in [-0.1, -0.05) is 0 Å². The molecule has 1 aromatic carbocycles. The predicted octanol–water partition coefficient (Wildman–Crippen LogP) is 4.36. The zero-order chi connectivity index (χ0) is 24.0. The summed E-state index contributed by atoms with van der Waals surface area (Å²) in [4.78, 5) is 29.7. The Labute approximate surface area is 184 Å². The lowest BCUT2D eigenvalue weighted by molar-refractivity contribution is 0.0506. The minimum absolute atomic E-state index is 0.000575. The van der Waals surface area contributed by atoms with E-state index in [4.69, 9.17) is 19.9 Å². The zero-order valence-corrected chi connectivity index (χ0v) is 20.0. The zero-order valence-electron chi connectivity index (χ0n) is 20.0. The van der Waals surface area contributed by atoms with Crippen molar-refractivity contribution < 1.29 is 23.8 Å². The van der Waals surface area contributed by atoms with Gasteiger partial charge in [0.15, 0.2) is 0 Å². The van der Waals surface area contributed by atoms with Crippen LogP contribution in [0.1, 0.15) is 67.0 Å². The molecule has 0 saturated heterocycles. The first kappa shape index (κ1) is 26.1. The van der Waals surface area contributed by atoms with Gasteiger partial charge in [-0.25, -0.2) is 9.59 Å². The first-order valence-corrected chi connectivity index (χ1v) is 10.2. The number of carbonyl (C=O) groups is 2. The monoisotopic (exact) mass is 436 g/mol. The van der Waals surface area contributed by atoms with Crippen molar-refractivity contribution in [3.63, 3.8) is 0 Å². The largest absolute Gasteiger partial charge is 0.496 e. The summed E-state index contributed by atoms with van der Waals surface area (Å²) in [7, 11) is 1.55. The molecule has 0 saturated carbocycles. The number of anilines is 1. The van der Waals surface area contributed by atoms with Gasteiger partial charge in [0.05, 0.1) is 13.2 Å². The number of benzene rings is 1. The number of amides is 2. The van der Waals surface area contributed by atoms with Crippen molar-refractivity contribution in [2.45, 2.75) is 72.6 Å². The molecule has 174 valence electrons. The van der Waals surface area contributed by atoms with E-state index in [1.807, 2.05) is 19.9 Å². The number of nitrogens with two attached hydrogens (primary N) is 1. The molecule has 0 bridgehead atoms. The number of hydrogen-bond acceptors (Lipinski definition) is 5. The lowest BCUT2D eigenvalue weighted by Gasteiger charge is -2.26. The third kappa shape index (κ3) is 8.74. The van der Waals surface area contributed by atoms with Crippen LogP contribution in [0, 0.1) is 0 Å². The van der Waals surface area contributed by atoms with Gasteiger partial charge < -0.3 is 30.2 Å². The number of hydrogen-bond donors (Lipinski definition) is 2. The lowest BCUT2D eigenvalue weighted by atomic mass is 10.1. The van der Waals surface area contributed by atoms with E-state index in [-0.39, 0.29) is 5.96 Å². The van der Waals surface area contributed by atoms with E-state index in [1.165, 1.54) is 0 Å². The molecule has 0 heterocycles. The molecule has 9 heteroatoms. The molecule has 0 aromatic heterocycles. The average Bonchev–Trinajstić information content (AvgIpc) is 2.58. The van der Waals surface area contributed by atoms with Crippen LogP contribution >= 0.6 is 0 Å². The van der Waals surface area contributed by atoms with Crippen LogP contribution in [0.5, 0.6) is 5.75 Å². The summed E-state index contributed by atoms with van der Waals surface area (Å²) in [5.41, 5.74) is 6.20. The van der Waals surface area contributed by atoms with Gasteiger partial charge in [0.25, 0.3) is 0 Å². The highest BCUT2D eigenvalue weighted by atomic mass is 16.6. The van der Waals surface area contributed by atoms with E-state index in [0.717, 1.165) is 5.56 Å². The van der Waals surface area contributed by atoms with Crippen LogP contribution < -0.4 is 20.7 Å². The van der Waals surface area contributed by atoms with Crippen LogP contribution in [-0.4, -0.2) is 43.0 Å². The Morgan fingerprint density at radius 2 is 1.71 bits per heavy atom. The molecular formula is C22H36N4O5. The second-order valence-corrected chi connectivity index (χ2v) is 8.99. The molecule has 9 nitrogen and oxygen atoms in total. The van der Waals surface area contributed by atoms with Crippen LogP contribution in [0.25, 0.3) is 0 Å². The van der Waals surface area contributed by atoms with Gasteiger partial charge in [-0.3, -0.25) is 0 Å². The smallest absolute Gasteiger partial charge is 0.437 e. The Hall–Kier alpha value is -2.97. The minimum atomic E-state index is -0.767. The molecule has 1 unspecified atom stereocenters. The number of nitrogens with one attached hydrogen (secondary N) is 1. The first-order chi connectivity index (χ1) is 14.2. The number of alkyl carbamates (subject to hydrolysis) is 1. The summed E-state index contributed by atoms with van der Waals surface area (Å²) in [6, 6.07) is 4.97. The van der Waals surface area contributed by atoms with Crippen molar-refractivity contribution in [3.05, 3.63) is 23.8 Å². The normalized spacial score (nSPS) is 13.3. The van der Waals surface area contributed by atoms with Crippen LogP contribution in [0.4, 0.5) is 15.3 Å². The number of nitrogens with zero attached hydrogens (tertiary/aromatic N) is 2. The molecule has 31 heavy (non-hydrogen) atoms. The second-order valence-electron chi connectivity index (χ2n) is 8.99. The van der Waals surface area contributed by atoms with E-state index in [9.17, 15) is 9.59 Å². The molecule has 0 radical (unpaired) electrons. The Kier molecular flexibility index (Phi) is 8.72. The van der Waals surface area contributed by atoms with Gasteiger partial charge in [-0.15, -0.1) is 4.99 Å². The lowest BCUT2D eigenvalue weighted by Crippen LogP contribution is -2.38. The fourth-order valence-electron chi connectivity index (χ4n) is 2.71. The molecular weight excluding hydrogens is 400 g/mol. The van der Waals surface area contributed by atoms with Crippen molar-refractivity contribution in [1.82, 2.24) is 5.32 Å². The fraction of sp³-hybridized carbons (Fsp3) is 0.591. The summed E-state index contributed by atoms with van der Waals surface area (Å²) >= 11 is 0.